The van der Waals surface area contributed by atoms with Crippen molar-refractivity contribution in [2.75, 3.05) is 0 Å². The maximum absolute atomic E-state index is 2.50. The van der Waals surface area contributed by atoms with Crippen LogP contribution in [0.15, 0.2) is 188 Å². The van der Waals surface area contributed by atoms with Gasteiger partial charge in [-0.15, -0.1) is 0 Å². The lowest BCUT2D eigenvalue weighted by Gasteiger charge is -2.14. The lowest BCUT2D eigenvalue weighted by Crippen LogP contribution is -2.02. The van der Waals surface area contributed by atoms with Crippen LogP contribution in [0.4, 0.5) is 0 Å². The van der Waals surface area contributed by atoms with Crippen LogP contribution >= 0.6 is 0 Å². The third kappa shape index (κ3) is 4.34. The molecule has 58 heavy (non-hydrogen) atoms. The van der Waals surface area contributed by atoms with Crippen molar-refractivity contribution in [2.24, 2.45) is 0 Å². The van der Waals surface area contributed by atoms with E-state index in [0.29, 0.717) is 0 Å². The minimum atomic E-state index is 1.03. The van der Waals surface area contributed by atoms with Crippen molar-refractivity contribution in [3.8, 4) is 22.7 Å². The molecule has 0 aliphatic heterocycles. The summed E-state index contributed by atoms with van der Waals surface area (Å²) < 4.78 is 9.81. The molecule has 0 atom stereocenters. The first-order chi connectivity index (χ1) is 28.8. The Balaban J connectivity index is 1.04. The quantitative estimate of drug-likeness (QED) is 0.171. The van der Waals surface area contributed by atoms with E-state index in [-0.39, 0.29) is 0 Å². The molecular formula is C54H36N4. The Morgan fingerprint density at radius 2 is 0.672 bits per heavy atom. The first-order valence-electron chi connectivity index (χ1n) is 20.3. The normalized spacial score (nSPS) is 13.0. The molecule has 0 N–H and O–H groups in total. The van der Waals surface area contributed by atoms with Gasteiger partial charge in [0, 0.05) is 71.7 Å². The van der Waals surface area contributed by atoms with Gasteiger partial charge in [0.15, 0.2) is 0 Å². The number of para-hydroxylation sites is 5. The van der Waals surface area contributed by atoms with Gasteiger partial charge in [0.25, 0.3) is 0 Å². The molecule has 4 nitrogen and oxygen atoms in total. The minimum absolute atomic E-state index is 1.03. The van der Waals surface area contributed by atoms with Crippen molar-refractivity contribution >= 4 is 82.4 Å². The van der Waals surface area contributed by atoms with Crippen LogP contribution in [0.25, 0.3) is 105 Å². The SMILES string of the molecule is C1=Cc2c(n(-c3ccccc3)c3cc4c(cc23)c2ccccc2n4-c2ccc(-n3c4ccccc4c4cc5c6ccccc6n(-c6ccccc6)c5cc43)cc2)CC1. The largest absolute Gasteiger partial charge is 0.313 e. The summed E-state index contributed by atoms with van der Waals surface area (Å²) in [6.07, 6.45) is 6.76. The van der Waals surface area contributed by atoms with Gasteiger partial charge in [-0.25, -0.2) is 0 Å². The molecule has 0 saturated heterocycles. The average Bonchev–Trinajstić information content (AvgIpc) is 4.00. The summed E-state index contributed by atoms with van der Waals surface area (Å²) >= 11 is 0. The van der Waals surface area contributed by atoms with E-state index in [9.17, 15) is 0 Å². The fourth-order valence-electron chi connectivity index (χ4n) is 10.1. The van der Waals surface area contributed by atoms with Crippen LogP contribution in [0.3, 0.4) is 0 Å². The maximum Gasteiger partial charge on any atom is 0.0562 e. The molecule has 12 aromatic rings. The highest BCUT2D eigenvalue weighted by Gasteiger charge is 2.23. The van der Waals surface area contributed by atoms with Crippen LogP contribution in [0.5, 0.6) is 0 Å². The number of hydrogen-bond acceptors (Lipinski definition) is 0. The van der Waals surface area contributed by atoms with Crippen LogP contribution in [-0.2, 0) is 6.42 Å². The first kappa shape index (κ1) is 31.6. The molecule has 4 heteroatoms. The Bertz CT molecular complexity index is 3650. The molecule has 0 bridgehead atoms. The van der Waals surface area contributed by atoms with Gasteiger partial charge in [-0.2, -0.15) is 0 Å². The Morgan fingerprint density at radius 1 is 0.293 bits per heavy atom. The summed E-state index contributed by atoms with van der Waals surface area (Å²) in [4.78, 5) is 0. The van der Waals surface area contributed by atoms with E-state index < -0.39 is 0 Å². The lowest BCUT2D eigenvalue weighted by atomic mass is 10.0. The summed E-state index contributed by atoms with van der Waals surface area (Å²) in [7, 11) is 0. The van der Waals surface area contributed by atoms with Gasteiger partial charge in [0.05, 0.1) is 38.6 Å². The van der Waals surface area contributed by atoms with Crippen molar-refractivity contribution in [3.63, 3.8) is 0 Å². The smallest absolute Gasteiger partial charge is 0.0562 e. The van der Waals surface area contributed by atoms with Gasteiger partial charge < -0.3 is 18.3 Å². The number of aromatic nitrogens is 4. The second-order valence-electron chi connectivity index (χ2n) is 15.7. The molecule has 1 aliphatic rings. The molecule has 13 rings (SSSR count). The van der Waals surface area contributed by atoms with E-state index in [1.807, 2.05) is 0 Å². The molecule has 1 aliphatic carbocycles. The summed E-state index contributed by atoms with van der Waals surface area (Å²) in [5.74, 6) is 0. The Hall–Kier alpha value is -7.56. The number of hydrogen-bond donors (Lipinski definition) is 0. The zero-order valence-corrected chi connectivity index (χ0v) is 31.7. The highest BCUT2D eigenvalue weighted by atomic mass is 15.0. The second kappa shape index (κ2) is 12.0. The van der Waals surface area contributed by atoms with E-state index >= 15 is 0 Å². The van der Waals surface area contributed by atoms with E-state index in [2.05, 4.69) is 212 Å². The first-order valence-corrected chi connectivity index (χ1v) is 20.3. The number of nitrogens with zero attached hydrogens (tertiary/aromatic N) is 4. The molecule has 0 saturated carbocycles. The van der Waals surface area contributed by atoms with Gasteiger partial charge in [-0.05, 0) is 104 Å². The molecule has 272 valence electrons. The number of fused-ring (bicyclic) bond motifs is 12. The van der Waals surface area contributed by atoms with E-state index in [1.165, 1.54) is 93.3 Å². The summed E-state index contributed by atoms with van der Waals surface area (Å²) in [6.45, 7) is 0. The predicted octanol–water partition coefficient (Wildman–Crippen LogP) is 13.9. The monoisotopic (exact) mass is 740 g/mol. The predicted molar refractivity (Wildman–Crippen MR) is 244 cm³/mol. The van der Waals surface area contributed by atoms with Gasteiger partial charge in [-0.1, -0.05) is 103 Å². The number of rotatable bonds is 4. The average molecular weight is 741 g/mol. The molecule has 4 aromatic heterocycles. The highest BCUT2D eigenvalue weighted by Crippen LogP contribution is 2.42. The Morgan fingerprint density at radius 3 is 1.16 bits per heavy atom. The van der Waals surface area contributed by atoms with Crippen LogP contribution in [0, 0.1) is 0 Å². The molecule has 8 aromatic carbocycles. The third-order valence-corrected chi connectivity index (χ3v) is 12.6. The Kier molecular flexibility index (Phi) is 6.53. The number of benzene rings is 8. The summed E-state index contributed by atoms with van der Waals surface area (Å²) in [5.41, 5.74) is 15.9. The van der Waals surface area contributed by atoms with Crippen molar-refractivity contribution < 1.29 is 0 Å². The zero-order chi connectivity index (χ0) is 37.9. The fraction of sp³-hybridized carbons (Fsp3) is 0.0370. The van der Waals surface area contributed by atoms with E-state index in [4.69, 9.17) is 0 Å². The maximum atomic E-state index is 2.50. The molecule has 0 spiro atoms. The van der Waals surface area contributed by atoms with Crippen LogP contribution in [-0.4, -0.2) is 18.3 Å². The molecule has 0 fully saturated rings. The lowest BCUT2D eigenvalue weighted by molar-refractivity contribution is 0.888. The standard InChI is InChI=1S/C54H36N4/c1-3-15-35(16-4-1)55-47-23-11-7-19-39(47)43-31-45-41-21-9-13-25-49(41)57(53(45)33-51(43)55)37-27-29-38(30-28-37)58-50-26-14-10-22-42(50)46-32-44-40-20-8-12-24-48(40)56(52(44)34-54(46)58)36-17-5-2-6-18-36/h1-11,13-23,25-34H,12,24H2. The van der Waals surface area contributed by atoms with E-state index in [0.717, 1.165) is 29.9 Å². The van der Waals surface area contributed by atoms with Crippen molar-refractivity contribution in [1.82, 2.24) is 18.3 Å². The summed E-state index contributed by atoms with van der Waals surface area (Å²) in [5, 5.41) is 8.90. The van der Waals surface area contributed by atoms with Crippen molar-refractivity contribution in [2.45, 2.75) is 12.8 Å². The van der Waals surface area contributed by atoms with Crippen LogP contribution in [0.2, 0.25) is 0 Å². The minimum Gasteiger partial charge on any atom is -0.313 e. The summed E-state index contributed by atoms with van der Waals surface area (Å²) in [6, 6.07) is 67.0. The van der Waals surface area contributed by atoms with Crippen LogP contribution in [0.1, 0.15) is 17.7 Å². The number of allylic oxidation sites excluding steroid dienone is 1. The Labute approximate surface area is 334 Å². The van der Waals surface area contributed by atoms with Crippen LogP contribution < -0.4 is 0 Å². The van der Waals surface area contributed by atoms with Gasteiger partial charge >= 0.3 is 0 Å². The second-order valence-corrected chi connectivity index (χ2v) is 15.7. The third-order valence-electron chi connectivity index (χ3n) is 12.6. The topological polar surface area (TPSA) is 19.7 Å². The molecule has 0 amide bonds. The van der Waals surface area contributed by atoms with Gasteiger partial charge in [0.2, 0.25) is 0 Å². The zero-order valence-electron chi connectivity index (χ0n) is 31.7. The van der Waals surface area contributed by atoms with Gasteiger partial charge in [0.1, 0.15) is 0 Å². The van der Waals surface area contributed by atoms with Gasteiger partial charge in [-0.3, -0.25) is 0 Å². The molecular weight excluding hydrogens is 705 g/mol. The highest BCUT2D eigenvalue weighted by molar-refractivity contribution is 6.19. The molecule has 0 radical (unpaired) electrons. The van der Waals surface area contributed by atoms with Crippen molar-refractivity contribution in [3.05, 3.63) is 199 Å². The van der Waals surface area contributed by atoms with Crippen molar-refractivity contribution in [1.29, 1.82) is 0 Å². The molecule has 4 heterocycles. The fourth-order valence-corrected chi connectivity index (χ4v) is 10.1. The molecule has 0 unspecified atom stereocenters. The van der Waals surface area contributed by atoms with E-state index in [1.54, 1.807) is 0 Å².